The Morgan fingerprint density at radius 1 is 1.24 bits per heavy atom. The summed E-state index contributed by atoms with van der Waals surface area (Å²) >= 11 is 0. The zero-order chi connectivity index (χ0) is 16.1. The van der Waals surface area contributed by atoms with Gasteiger partial charge in [0.2, 0.25) is 0 Å². The standard InChI is InChI=1S/C17H25N3O3.2ClH/c1-22-15-5-3-2-4-14(15)13-19-7-9-20(10-8-19)17(21)16-12-18-6-11-23-16;;/h2-5,16,18H,6-13H2,1H3;2*1H. The molecule has 0 aliphatic carbocycles. The van der Waals surface area contributed by atoms with E-state index < -0.39 is 0 Å². The van der Waals surface area contributed by atoms with Crippen LogP contribution in [0.25, 0.3) is 0 Å². The summed E-state index contributed by atoms with van der Waals surface area (Å²) in [6.45, 7) is 6.20. The number of nitrogens with one attached hydrogen (secondary N) is 1. The number of halogens is 2. The average Bonchev–Trinajstić information content (AvgIpc) is 2.63. The largest absolute Gasteiger partial charge is 0.496 e. The second-order valence-electron chi connectivity index (χ2n) is 5.98. The van der Waals surface area contributed by atoms with Gasteiger partial charge in [0.15, 0.2) is 0 Å². The maximum absolute atomic E-state index is 12.4. The molecule has 1 atom stereocenters. The Bertz CT molecular complexity index is 534. The Morgan fingerprint density at radius 3 is 2.60 bits per heavy atom. The minimum absolute atomic E-state index is 0. The normalized spacial score (nSPS) is 21.0. The summed E-state index contributed by atoms with van der Waals surface area (Å²) < 4.78 is 11.0. The molecule has 0 radical (unpaired) electrons. The lowest BCUT2D eigenvalue weighted by Crippen LogP contribution is -2.54. The van der Waals surface area contributed by atoms with Crippen molar-refractivity contribution in [2.75, 3.05) is 53.0 Å². The maximum atomic E-state index is 12.4. The van der Waals surface area contributed by atoms with Crippen LogP contribution in [0, 0.1) is 0 Å². The quantitative estimate of drug-likeness (QED) is 0.834. The molecular formula is C17H27Cl2N3O3. The van der Waals surface area contributed by atoms with Crippen LogP contribution in [0.15, 0.2) is 24.3 Å². The van der Waals surface area contributed by atoms with Crippen molar-refractivity contribution in [3.05, 3.63) is 29.8 Å². The van der Waals surface area contributed by atoms with Gasteiger partial charge in [0.25, 0.3) is 5.91 Å². The summed E-state index contributed by atoms with van der Waals surface area (Å²) in [6, 6.07) is 8.10. The summed E-state index contributed by atoms with van der Waals surface area (Å²) in [5, 5.41) is 3.21. The molecule has 142 valence electrons. The number of nitrogens with zero attached hydrogens (tertiary/aromatic N) is 2. The van der Waals surface area contributed by atoms with Crippen molar-refractivity contribution in [1.82, 2.24) is 15.1 Å². The zero-order valence-electron chi connectivity index (χ0n) is 14.5. The monoisotopic (exact) mass is 391 g/mol. The SMILES string of the molecule is COc1ccccc1CN1CCN(C(=O)C2CNCCO2)CC1.Cl.Cl. The number of ether oxygens (including phenoxy) is 2. The molecule has 0 spiro atoms. The van der Waals surface area contributed by atoms with Gasteiger partial charge in [0, 0.05) is 51.4 Å². The van der Waals surface area contributed by atoms with Crippen LogP contribution in [0.3, 0.4) is 0 Å². The van der Waals surface area contributed by atoms with E-state index in [9.17, 15) is 4.79 Å². The number of morpholine rings is 1. The van der Waals surface area contributed by atoms with Crippen molar-refractivity contribution in [3.8, 4) is 5.75 Å². The number of carbonyl (C=O) groups excluding carboxylic acids is 1. The highest BCUT2D eigenvalue weighted by molar-refractivity contribution is 5.85. The predicted octanol–water partition coefficient (Wildman–Crippen LogP) is 1.17. The molecular weight excluding hydrogens is 365 g/mol. The molecule has 1 amide bonds. The van der Waals surface area contributed by atoms with Gasteiger partial charge in [-0.15, -0.1) is 24.8 Å². The number of hydrogen-bond acceptors (Lipinski definition) is 5. The Morgan fingerprint density at radius 2 is 1.96 bits per heavy atom. The van der Waals surface area contributed by atoms with Crippen LogP contribution in [0.4, 0.5) is 0 Å². The van der Waals surface area contributed by atoms with Crippen LogP contribution in [0.2, 0.25) is 0 Å². The summed E-state index contributed by atoms with van der Waals surface area (Å²) in [5.74, 6) is 1.04. The minimum Gasteiger partial charge on any atom is -0.496 e. The van der Waals surface area contributed by atoms with Gasteiger partial charge in [-0.25, -0.2) is 0 Å². The molecule has 0 aromatic heterocycles. The van der Waals surface area contributed by atoms with Crippen LogP contribution in [-0.4, -0.2) is 74.8 Å². The fourth-order valence-corrected chi connectivity index (χ4v) is 3.13. The Balaban J connectivity index is 0.00000156. The van der Waals surface area contributed by atoms with E-state index in [1.54, 1.807) is 7.11 Å². The van der Waals surface area contributed by atoms with E-state index in [0.717, 1.165) is 45.0 Å². The molecule has 2 aliphatic rings. The average molecular weight is 392 g/mol. The van der Waals surface area contributed by atoms with Gasteiger partial charge < -0.3 is 19.7 Å². The van der Waals surface area contributed by atoms with Crippen molar-refractivity contribution in [3.63, 3.8) is 0 Å². The molecule has 2 aliphatic heterocycles. The fourth-order valence-electron chi connectivity index (χ4n) is 3.13. The number of para-hydroxylation sites is 1. The lowest BCUT2D eigenvalue weighted by atomic mass is 10.1. The van der Waals surface area contributed by atoms with E-state index in [0.29, 0.717) is 13.2 Å². The van der Waals surface area contributed by atoms with Gasteiger partial charge in [-0.05, 0) is 6.07 Å². The number of rotatable bonds is 4. The molecule has 25 heavy (non-hydrogen) atoms. The number of amides is 1. The molecule has 6 nitrogen and oxygen atoms in total. The van der Waals surface area contributed by atoms with Crippen molar-refractivity contribution >= 4 is 30.7 Å². The highest BCUT2D eigenvalue weighted by Crippen LogP contribution is 2.20. The minimum atomic E-state index is -0.315. The van der Waals surface area contributed by atoms with E-state index in [4.69, 9.17) is 9.47 Å². The molecule has 8 heteroatoms. The summed E-state index contributed by atoms with van der Waals surface area (Å²) in [4.78, 5) is 16.7. The first kappa shape index (κ1) is 22.0. The molecule has 0 saturated carbocycles. The highest BCUT2D eigenvalue weighted by atomic mass is 35.5. The third-order valence-electron chi connectivity index (χ3n) is 4.47. The van der Waals surface area contributed by atoms with Gasteiger partial charge in [0.05, 0.1) is 13.7 Å². The van der Waals surface area contributed by atoms with Crippen LogP contribution >= 0.6 is 24.8 Å². The molecule has 1 aromatic carbocycles. The Labute approximate surface area is 161 Å². The van der Waals surface area contributed by atoms with Gasteiger partial charge in [0.1, 0.15) is 11.9 Å². The van der Waals surface area contributed by atoms with Crippen LogP contribution in [0.5, 0.6) is 5.75 Å². The van der Waals surface area contributed by atoms with E-state index in [1.165, 1.54) is 5.56 Å². The number of carbonyl (C=O) groups is 1. The fraction of sp³-hybridized carbons (Fsp3) is 0.588. The summed E-state index contributed by atoms with van der Waals surface area (Å²) in [5.41, 5.74) is 1.19. The van der Waals surface area contributed by atoms with Crippen molar-refractivity contribution < 1.29 is 14.3 Å². The second kappa shape index (κ2) is 10.8. The first-order valence-corrected chi connectivity index (χ1v) is 8.23. The molecule has 2 saturated heterocycles. The van der Waals surface area contributed by atoms with Gasteiger partial charge in [-0.2, -0.15) is 0 Å². The molecule has 2 fully saturated rings. The molecule has 1 aromatic rings. The van der Waals surface area contributed by atoms with Crippen LogP contribution < -0.4 is 10.1 Å². The summed E-state index contributed by atoms with van der Waals surface area (Å²) in [7, 11) is 1.70. The van der Waals surface area contributed by atoms with Gasteiger partial charge in [-0.3, -0.25) is 9.69 Å². The molecule has 1 N–H and O–H groups in total. The highest BCUT2D eigenvalue weighted by Gasteiger charge is 2.29. The first-order chi connectivity index (χ1) is 11.3. The van der Waals surface area contributed by atoms with Crippen molar-refractivity contribution in [2.24, 2.45) is 0 Å². The lowest BCUT2D eigenvalue weighted by Gasteiger charge is -2.37. The van der Waals surface area contributed by atoms with E-state index in [-0.39, 0.29) is 36.8 Å². The van der Waals surface area contributed by atoms with Crippen molar-refractivity contribution in [2.45, 2.75) is 12.6 Å². The molecule has 1 unspecified atom stereocenters. The second-order valence-corrected chi connectivity index (χ2v) is 5.98. The molecule has 3 rings (SSSR count). The van der Waals surface area contributed by atoms with Gasteiger partial charge in [-0.1, -0.05) is 18.2 Å². The lowest BCUT2D eigenvalue weighted by molar-refractivity contribution is -0.147. The predicted molar refractivity (Wildman–Crippen MR) is 102 cm³/mol. The third kappa shape index (κ3) is 5.72. The number of piperazine rings is 1. The maximum Gasteiger partial charge on any atom is 0.253 e. The summed E-state index contributed by atoms with van der Waals surface area (Å²) in [6.07, 6.45) is -0.315. The smallest absolute Gasteiger partial charge is 0.253 e. The van der Waals surface area contributed by atoms with Crippen molar-refractivity contribution in [1.29, 1.82) is 0 Å². The van der Waals surface area contributed by atoms with E-state index in [2.05, 4.69) is 16.3 Å². The topological polar surface area (TPSA) is 54.0 Å². The van der Waals surface area contributed by atoms with E-state index in [1.807, 2.05) is 23.1 Å². The number of methoxy groups -OCH3 is 1. The Kier molecular flexibility index (Phi) is 9.53. The molecule has 2 heterocycles. The zero-order valence-corrected chi connectivity index (χ0v) is 16.1. The van der Waals surface area contributed by atoms with E-state index >= 15 is 0 Å². The van der Waals surface area contributed by atoms with Crippen LogP contribution in [0.1, 0.15) is 5.56 Å². The van der Waals surface area contributed by atoms with Crippen LogP contribution in [-0.2, 0) is 16.1 Å². The number of hydrogen-bond donors (Lipinski definition) is 1. The number of benzene rings is 1. The third-order valence-corrected chi connectivity index (χ3v) is 4.47. The first-order valence-electron chi connectivity index (χ1n) is 8.23. The Hall–Kier alpha value is -1.05. The molecule has 0 bridgehead atoms. The van der Waals surface area contributed by atoms with Gasteiger partial charge >= 0.3 is 0 Å².